The summed E-state index contributed by atoms with van der Waals surface area (Å²) in [7, 11) is 0. The van der Waals surface area contributed by atoms with Crippen LogP contribution in [0.5, 0.6) is 0 Å². The highest BCUT2D eigenvalue weighted by atomic mass is 16.5. The van der Waals surface area contributed by atoms with E-state index in [4.69, 9.17) is 4.74 Å². The molecule has 0 saturated carbocycles. The first kappa shape index (κ1) is 14.5. The molecular weight excluding hydrogens is 226 g/mol. The third-order valence-corrected chi connectivity index (χ3v) is 2.62. The number of rotatable bonds is 7. The van der Waals surface area contributed by atoms with E-state index in [1.165, 1.54) is 17.2 Å². The summed E-state index contributed by atoms with van der Waals surface area (Å²) >= 11 is 0. The molecule has 0 bridgehead atoms. The topological polar surface area (TPSA) is 38.3 Å². The lowest BCUT2D eigenvalue weighted by atomic mass is 10.1. The lowest BCUT2D eigenvalue weighted by molar-refractivity contribution is -0.137. The molecule has 0 amide bonds. The van der Waals surface area contributed by atoms with Crippen molar-refractivity contribution in [2.24, 2.45) is 0 Å². The number of benzene rings is 1. The lowest BCUT2D eigenvalue weighted by Gasteiger charge is -2.07. The molecule has 0 aromatic heterocycles. The molecular formula is C15H21NO2. The smallest absolute Gasteiger partial charge is 0.330 e. The van der Waals surface area contributed by atoms with Crippen molar-refractivity contribution in [2.45, 2.75) is 26.8 Å². The van der Waals surface area contributed by atoms with E-state index in [-0.39, 0.29) is 5.97 Å². The molecule has 0 aliphatic rings. The molecule has 1 aromatic rings. The summed E-state index contributed by atoms with van der Waals surface area (Å²) in [6, 6.07) is 8.37. The summed E-state index contributed by atoms with van der Waals surface area (Å²) in [4.78, 5) is 11.0. The Morgan fingerprint density at radius 1 is 1.28 bits per heavy atom. The molecule has 0 heterocycles. The number of aryl methyl sites for hydroxylation is 1. The van der Waals surface area contributed by atoms with Gasteiger partial charge < -0.3 is 10.1 Å². The third-order valence-electron chi connectivity index (χ3n) is 2.62. The van der Waals surface area contributed by atoms with Crippen molar-refractivity contribution in [3.63, 3.8) is 0 Å². The zero-order valence-corrected chi connectivity index (χ0v) is 11.1. The van der Waals surface area contributed by atoms with E-state index in [1.54, 1.807) is 13.0 Å². The Kier molecular flexibility index (Phi) is 6.81. The Balaban J connectivity index is 2.31. The molecule has 18 heavy (non-hydrogen) atoms. The van der Waals surface area contributed by atoms with Gasteiger partial charge in [0.05, 0.1) is 6.61 Å². The number of carbonyl (C=O) groups excluding carboxylic acids is 1. The minimum Gasteiger partial charge on any atom is -0.463 e. The van der Waals surface area contributed by atoms with Crippen LogP contribution in [0.1, 0.15) is 25.0 Å². The van der Waals surface area contributed by atoms with Crippen molar-refractivity contribution in [1.29, 1.82) is 0 Å². The lowest BCUT2D eigenvalue weighted by Crippen LogP contribution is -2.14. The van der Waals surface area contributed by atoms with Crippen LogP contribution in [-0.4, -0.2) is 19.1 Å². The fraction of sp³-hybridized carbons (Fsp3) is 0.400. The summed E-state index contributed by atoms with van der Waals surface area (Å²) in [5, 5.41) is 3.28. The van der Waals surface area contributed by atoms with Gasteiger partial charge in [0.1, 0.15) is 0 Å². The maximum atomic E-state index is 11.0. The van der Waals surface area contributed by atoms with Crippen molar-refractivity contribution in [1.82, 2.24) is 5.32 Å². The molecule has 0 unspecified atom stereocenters. The second-order valence-corrected chi connectivity index (χ2v) is 3.91. The molecule has 3 nitrogen and oxygen atoms in total. The molecule has 1 N–H and O–H groups in total. The zero-order valence-electron chi connectivity index (χ0n) is 11.1. The van der Waals surface area contributed by atoms with Crippen LogP contribution in [0.15, 0.2) is 36.4 Å². The van der Waals surface area contributed by atoms with Crippen LogP contribution in [-0.2, 0) is 22.5 Å². The summed E-state index contributed by atoms with van der Waals surface area (Å²) in [5.41, 5.74) is 2.67. The van der Waals surface area contributed by atoms with Gasteiger partial charge in [0.15, 0.2) is 0 Å². The maximum absolute atomic E-state index is 11.0. The molecule has 1 aromatic carbocycles. The van der Waals surface area contributed by atoms with E-state index in [0.29, 0.717) is 13.2 Å². The van der Waals surface area contributed by atoms with Crippen LogP contribution >= 0.6 is 0 Å². The fourth-order valence-corrected chi connectivity index (χ4v) is 1.71. The summed E-state index contributed by atoms with van der Waals surface area (Å²) in [5.74, 6) is -0.284. The first-order valence-electron chi connectivity index (χ1n) is 6.38. The largest absolute Gasteiger partial charge is 0.463 e. The van der Waals surface area contributed by atoms with Crippen LogP contribution in [0.4, 0.5) is 0 Å². The van der Waals surface area contributed by atoms with Gasteiger partial charge in [0.2, 0.25) is 0 Å². The van der Waals surface area contributed by atoms with Crippen LogP contribution in [0.25, 0.3) is 0 Å². The number of hydrogen-bond donors (Lipinski definition) is 1. The van der Waals surface area contributed by atoms with Crippen LogP contribution < -0.4 is 5.32 Å². The van der Waals surface area contributed by atoms with Gasteiger partial charge in [-0.15, -0.1) is 0 Å². The number of ether oxygens (including phenoxy) is 1. The molecule has 0 radical (unpaired) electrons. The Morgan fingerprint density at radius 3 is 2.67 bits per heavy atom. The Hall–Kier alpha value is -1.61. The second-order valence-electron chi connectivity index (χ2n) is 3.91. The highest BCUT2D eigenvalue weighted by Crippen LogP contribution is 2.08. The first-order valence-corrected chi connectivity index (χ1v) is 6.38. The van der Waals surface area contributed by atoms with E-state index in [1.807, 2.05) is 6.07 Å². The molecule has 0 spiro atoms. The number of nitrogens with one attached hydrogen (secondary N) is 1. The molecule has 98 valence electrons. The van der Waals surface area contributed by atoms with Gasteiger partial charge in [-0.2, -0.15) is 0 Å². The highest BCUT2D eigenvalue weighted by Gasteiger charge is 1.98. The van der Waals surface area contributed by atoms with Crippen LogP contribution in [0, 0.1) is 0 Å². The quantitative estimate of drug-likeness (QED) is 0.457. The number of esters is 1. The van der Waals surface area contributed by atoms with E-state index in [2.05, 4.69) is 30.4 Å². The average Bonchev–Trinajstić information content (AvgIpc) is 2.39. The number of hydrogen-bond acceptors (Lipinski definition) is 3. The summed E-state index contributed by atoms with van der Waals surface area (Å²) in [6.45, 7) is 5.85. The van der Waals surface area contributed by atoms with Crippen LogP contribution in [0.2, 0.25) is 0 Å². The fourth-order valence-electron chi connectivity index (χ4n) is 1.71. The number of carbonyl (C=O) groups is 1. The molecule has 0 aliphatic heterocycles. The van der Waals surface area contributed by atoms with Gasteiger partial charge in [-0.3, -0.25) is 0 Å². The Morgan fingerprint density at radius 2 is 2.00 bits per heavy atom. The summed E-state index contributed by atoms with van der Waals surface area (Å²) < 4.78 is 4.79. The molecule has 1 rings (SSSR count). The minimum atomic E-state index is -0.284. The standard InChI is InChI=1S/C15H21NO2/c1-3-13-8-5-6-9-14(13)12-16-11-7-10-15(17)18-4-2/h5-10,16H,3-4,11-12H2,1-2H3/b10-7+. The average molecular weight is 247 g/mol. The van der Waals surface area contributed by atoms with Gasteiger partial charge in [-0.1, -0.05) is 37.3 Å². The molecule has 0 saturated heterocycles. The van der Waals surface area contributed by atoms with Crippen LogP contribution in [0.3, 0.4) is 0 Å². The van der Waals surface area contributed by atoms with Crippen molar-refractivity contribution in [2.75, 3.05) is 13.2 Å². The Labute approximate surface area is 109 Å². The Bertz CT molecular complexity index is 399. The van der Waals surface area contributed by atoms with Crippen molar-refractivity contribution in [3.8, 4) is 0 Å². The molecule has 0 fully saturated rings. The highest BCUT2D eigenvalue weighted by molar-refractivity contribution is 5.81. The van der Waals surface area contributed by atoms with Crippen molar-refractivity contribution < 1.29 is 9.53 Å². The molecule has 0 aliphatic carbocycles. The first-order chi connectivity index (χ1) is 8.77. The third kappa shape index (κ3) is 5.15. The predicted octanol–water partition coefficient (Wildman–Crippen LogP) is 2.46. The zero-order chi connectivity index (χ0) is 13.2. The molecule has 0 atom stereocenters. The van der Waals surface area contributed by atoms with Gasteiger partial charge in [-0.25, -0.2) is 4.79 Å². The molecule has 3 heteroatoms. The predicted molar refractivity (Wildman–Crippen MR) is 73.3 cm³/mol. The van der Waals surface area contributed by atoms with E-state index in [0.717, 1.165) is 13.0 Å². The SMILES string of the molecule is CCOC(=O)/C=C/CNCc1ccccc1CC. The minimum absolute atomic E-state index is 0.284. The van der Waals surface area contributed by atoms with E-state index >= 15 is 0 Å². The van der Waals surface area contributed by atoms with Gasteiger partial charge in [0.25, 0.3) is 0 Å². The van der Waals surface area contributed by atoms with Gasteiger partial charge in [-0.05, 0) is 24.5 Å². The maximum Gasteiger partial charge on any atom is 0.330 e. The van der Waals surface area contributed by atoms with E-state index < -0.39 is 0 Å². The van der Waals surface area contributed by atoms with E-state index in [9.17, 15) is 4.79 Å². The second kappa shape index (κ2) is 8.48. The normalized spacial score (nSPS) is 10.8. The van der Waals surface area contributed by atoms with Crippen molar-refractivity contribution in [3.05, 3.63) is 47.5 Å². The summed E-state index contributed by atoms with van der Waals surface area (Å²) in [6.07, 6.45) is 4.28. The van der Waals surface area contributed by atoms with Crippen molar-refractivity contribution >= 4 is 5.97 Å². The van der Waals surface area contributed by atoms with Gasteiger partial charge in [0, 0.05) is 19.2 Å². The monoisotopic (exact) mass is 247 g/mol. The van der Waals surface area contributed by atoms with Gasteiger partial charge >= 0.3 is 5.97 Å².